The fraction of sp³-hybridized carbons (Fsp3) is 0.364. The lowest BCUT2D eigenvalue weighted by Gasteiger charge is -1.94. The van der Waals surface area contributed by atoms with E-state index in [9.17, 15) is 4.79 Å². The van der Waals surface area contributed by atoms with Gasteiger partial charge in [0.05, 0.1) is 13.2 Å². The number of ether oxygens (including phenoxy) is 1. The minimum atomic E-state index is -0.211. The molecule has 0 atom stereocenters. The van der Waals surface area contributed by atoms with Gasteiger partial charge >= 0.3 is 5.97 Å². The molecule has 0 fully saturated rings. The average Bonchev–Trinajstić information content (AvgIpc) is 2.20. The Labute approximate surface area is 102 Å². The smallest absolute Gasteiger partial charge is 0.302 e. The molecule has 4 nitrogen and oxygen atoms in total. The van der Waals surface area contributed by atoms with E-state index in [0.29, 0.717) is 13.2 Å². The van der Waals surface area contributed by atoms with E-state index in [1.165, 1.54) is 6.92 Å². The van der Waals surface area contributed by atoms with Crippen LogP contribution in [0.4, 0.5) is 0 Å². The van der Waals surface area contributed by atoms with Crippen LogP contribution in [0.25, 0.3) is 0 Å². The Kier molecular flexibility index (Phi) is 12.9. The van der Waals surface area contributed by atoms with Crippen LogP contribution in [-0.2, 0) is 21.0 Å². The van der Waals surface area contributed by atoms with Crippen molar-refractivity contribution in [1.29, 1.82) is 0 Å². The zero-order valence-corrected chi connectivity index (χ0v) is 10.3. The molecule has 2 N–H and O–H groups in total. The normalized spacial score (nSPS) is 8.19. The topological polar surface area (TPSA) is 61.5 Å². The molecule has 0 aliphatic rings. The number of benzene rings is 1. The number of carbonyl (C=O) groups excluding carboxylic acids is 1. The highest BCUT2D eigenvalue weighted by molar-refractivity contribution is 5.85. The van der Waals surface area contributed by atoms with E-state index >= 15 is 0 Å². The molecular weight excluding hydrogens is 230 g/mol. The predicted octanol–water partition coefficient (Wildman–Crippen LogP) is 2.07. The molecule has 0 aliphatic heterocycles. The predicted molar refractivity (Wildman–Crippen MR) is 65.0 cm³/mol. The van der Waals surface area contributed by atoms with E-state index in [0.717, 1.165) is 5.56 Å². The molecule has 16 heavy (non-hydrogen) atoms. The van der Waals surface area contributed by atoms with Crippen molar-refractivity contribution < 1.29 is 14.4 Å². The third-order valence-corrected chi connectivity index (χ3v) is 1.44. The maximum atomic E-state index is 9.82. The van der Waals surface area contributed by atoms with Crippen LogP contribution in [0.1, 0.15) is 19.4 Å². The Morgan fingerprint density at radius 1 is 1.31 bits per heavy atom. The zero-order chi connectivity index (χ0) is 11.5. The van der Waals surface area contributed by atoms with Crippen LogP contribution in [0, 0.1) is 0 Å². The standard InChI is InChI=1S/C7H9NO.C4H8O2.ClH/c8-9-6-7-4-2-1-3-5-7;1-3-6-4(2)5;/h1-5H,6,8H2;3H2,1-2H3;1H. The van der Waals surface area contributed by atoms with Crippen LogP contribution >= 0.6 is 12.4 Å². The first kappa shape index (κ1) is 17.3. The van der Waals surface area contributed by atoms with Crippen molar-refractivity contribution >= 4 is 18.4 Å². The van der Waals surface area contributed by atoms with Gasteiger partial charge in [0.1, 0.15) is 0 Å². The third-order valence-electron chi connectivity index (χ3n) is 1.44. The number of esters is 1. The Hall–Kier alpha value is -1.10. The summed E-state index contributed by atoms with van der Waals surface area (Å²) in [6.07, 6.45) is 0. The van der Waals surface area contributed by atoms with Gasteiger partial charge in [0, 0.05) is 6.92 Å². The Balaban J connectivity index is 0. The molecule has 0 saturated heterocycles. The van der Waals surface area contributed by atoms with Gasteiger partial charge in [0.2, 0.25) is 0 Å². The van der Waals surface area contributed by atoms with Crippen LogP contribution < -0.4 is 5.90 Å². The van der Waals surface area contributed by atoms with Crippen molar-refractivity contribution in [1.82, 2.24) is 0 Å². The number of nitrogens with two attached hydrogens (primary N) is 1. The molecule has 1 aromatic rings. The minimum Gasteiger partial charge on any atom is -0.466 e. The second-order valence-electron chi connectivity index (χ2n) is 2.72. The van der Waals surface area contributed by atoms with Crippen molar-refractivity contribution in [2.75, 3.05) is 6.61 Å². The molecule has 0 saturated carbocycles. The second kappa shape index (κ2) is 12.0. The zero-order valence-electron chi connectivity index (χ0n) is 9.51. The minimum absolute atomic E-state index is 0. The van der Waals surface area contributed by atoms with Gasteiger partial charge in [-0.05, 0) is 12.5 Å². The summed E-state index contributed by atoms with van der Waals surface area (Å²) < 4.78 is 4.40. The van der Waals surface area contributed by atoms with Gasteiger partial charge in [-0.1, -0.05) is 30.3 Å². The van der Waals surface area contributed by atoms with Gasteiger partial charge in [-0.25, -0.2) is 5.90 Å². The van der Waals surface area contributed by atoms with Gasteiger partial charge < -0.3 is 4.74 Å². The van der Waals surface area contributed by atoms with E-state index in [4.69, 9.17) is 5.90 Å². The SMILES string of the molecule is CCOC(C)=O.Cl.NOCc1ccccc1. The van der Waals surface area contributed by atoms with Gasteiger partial charge in [-0.15, -0.1) is 12.4 Å². The van der Waals surface area contributed by atoms with Crippen LogP contribution in [0.5, 0.6) is 0 Å². The summed E-state index contributed by atoms with van der Waals surface area (Å²) in [5.74, 6) is 4.65. The molecule has 0 heterocycles. The van der Waals surface area contributed by atoms with E-state index < -0.39 is 0 Å². The highest BCUT2D eigenvalue weighted by Gasteiger charge is 1.85. The molecule has 0 radical (unpaired) electrons. The average molecular weight is 248 g/mol. The van der Waals surface area contributed by atoms with Crippen LogP contribution in [0.3, 0.4) is 0 Å². The molecule has 0 spiro atoms. The molecule has 92 valence electrons. The molecule has 0 aliphatic carbocycles. The lowest BCUT2D eigenvalue weighted by atomic mass is 10.2. The molecule has 0 aromatic heterocycles. The highest BCUT2D eigenvalue weighted by Crippen LogP contribution is 1.97. The monoisotopic (exact) mass is 247 g/mol. The third kappa shape index (κ3) is 11.0. The summed E-state index contributed by atoms with van der Waals surface area (Å²) in [6, 6.07) is 9.79. The summed E-state index contributed by atoms with van der Waals surface area (Å²) in [7, 11) is 0. The Morgan fingerprint density at radius 2 is 1.88 bits per heavy atom. The van der Waals surface area contributed by atoms with Crippen molar-refractivity contribution in [3.05, 3.63) is 35.9 Å². The van der Waals surface area contributed by atoms with Gasteiger partial charge in [-0.3, -0.25) is 9.63 Å². The van der Waals surface area contributed by atoms with Crippen LogP contribution in [-0.4, -0.2) is 12.6 Å². The number of hydrogen-bond acceptors (Lipinski definition) is 4. The number of rotatable bonds is 3. The lowest BCUT2D eigenvalue weighted by molar-refractivity contribution is -0.140. The molecular formula is C11H18ClNO3. The van der Waals surface area contributed by atoms with Crippen molar-refractivity contribution in [3.63, 3.8) is 0 Å². The number of halogens is 1. The fourth-order valence-electron chi connectivity index (χ4n) is 0.874. The van der Waals surface area contributed by atoms with Crippen LogP contribution in [0.15, 0.2) is 30.3 Å². The first-order chi connectivity index (χ1) is 7.20. The largest absolute Gasteiger partial charge is 0.466 e. The van der Waals surface area contributed by atoms with Gasteiger partial charge in [0.25, 0.3) is 0 Å². The van der Waals surface area contributed by atoms with Crippen LogP contribution in [0.2, 0.25) is 0 Å². The van der Waals surface area contributed by atoms with Gasteiger partial charge in [0.15, 0.2) is 0 Å². The summed E-state index contributed by atoms with van der Waals surface area (Å²) in [6.45, 7) is 4.14. The van der Waals surface area contributed by atoms with Crippen molar-refractivity contribution in [2.24, 2.45) is 5.90 Å². The fourth-order valence-corrected chi connectivity index (χ4v) is 0.874. The maximum Gasteiger partial charge on any atom is 0.302 e. The molecule has 1 rings (SSSR count). The first-order valence-electron chi connectivity index (χ1n) is 4.69. The molecule has 1 aromatic carbocycles. The van der Waals surface area contributed by atoms with Crippen molar-refractivity contribution in [2.45, 2.75) is 20.5 Å². The number of carbonyl (C=O) groups is 1. The Morgan fingerprint density at radius 3 is 2.19 bits per heavy atom. The van der Waals surface area contributed by atoms with E-state index in [2.05, 4.69) is 9.57 Å². The second-order valence-corrected chi connectivity index (χ2v) is 2.72. The molecule has 0 unspecified atom stereocenters. The first-order valence-corrected chi connectivity index (χ1v) is 4.69. The van der Waals surface area contributed by atoms with Crippen molar-refractivity contribution in [3.8, 4) is 0 Å². The molecule has 0 amide bonds. The van der Waals surface area contributed by atoms with E-state index in [-0.39, 0.29) is 18.4 Å². The maximum absolute atomic E-state index is 9.82. The summed E-state index contributed by atoms with van der Waals surface area (Å²) >= 11 is 0. The summed E-state index contributed by atoms with van der Waals surface area (Å²) in [5, 5.41) is 0. The van der Waals surface area contributed by atoms with E-state index in [1.54, 1.807) is 6.92 Å². The lowest BCUT2D eigenvalue weighted by Crippen LogP contribution is -1.97. The summed E-state index contributed by atoms with van der Waals surface area (Å²) in [4.78, 5) is 14.2. The molecule has 0 bridgehead atoms. The molecule has 5 heteroatoms. The number of hydrogen-bond donors (Lipinski definition) is 1. The Bertz CT molecular complexity index is 267. The van der Waals surface area contributed by atoms with Gasteiger partial charge in [-0.2, -0.15) is 0 Å². The van der Waals surface area contributed by atoms with E-state index in [1.807, 2.05) is 30.3 Å². The highest BCUT2D eigenvalue weighted by atomic mass is 35.5. The summed E-state index contributed by atoms with van der Waals surface area (Å²) in [5.41, 5.74) is 1.10. The quantitative estimate of drug-likeness (QED) is 0.656.